The number of rotatable bonds is 3. The number of aliphatic hydroxyl groups is 1. The zero-order chi connectivity index (χ0) is 12.4. The summed E-state index contributed by atoms with van der Waals surface area (Å²) in [7, 11) is 0. The van der Waals surface area contributed by atoms with Gasteiger partial charge in [-0.15, -0.1) is 11.3 Å². The molecule has 1 aliphatic heterocycles. The highest BCUT2D eigenvalue weighted by Crippen LogP contribution is 2.26. The summed E-state index contributed by atoms with van der Waals surface area (Å²) in [5.41, 5.74) is 1.05. The van der Waals surface area contributed by atoms with Gasteiger partial charge in [0, 0.05) is 29.4 Å². The van der Waals surface area contributed by atoms with Gasteiger partial charge in [-0.25, -0.2) is 9.97 Å². The zero-order valence-corrected chi connectivity index (χ0v) is 10.8. The van der Waals surface area contributed by atoms with Crippen molar-refractivity contribution in [3.05, 3.63) is 29.9 Å². The molecule has 3 heterocycles. The first-order valence-electron chi connectivity index (χ1n) is 6.12. The Labute approximate surface area is 110 Å². The Kier molecular flexibility index (Phi) is 3.25. The second-order valence-corrected chi connectivity index (χ2v) is 5.37. The molecule has 0 saturated carbocycles. The van der Waals surface area contributed by atoms with Crippen molar-refractivity contribution in [1.82, 2.24) is 9.97 Å². The molecule has 0 aliphatic carbocycles. The molecule has 4 nitrogen and oxygen atoms in total. The van der Waals surface area contributed by atoms with E-state index >= 15 is 0 Å². The maximum absolute atomic E-state index is 9.31. The zero-order valence-electron chi connectivity index (χ0n) is 9.99. The smallest absolute Gasteiger partial charge is 0.225 e. The van der Waals surface area contributed by atoms with E-state index in [0.29, 0.717) is 0 Å². The van der Waals surface area contributed by atoms with Crippen LogP contribution in [-0.4, -0.2) is 34.3 Å². The predicted octanol–water partition coefficient (Wildman–Crippen LogP) is 2.17. The molecule has 0 amide bonds. The van der Waals surface area contributed by atoms with Gasteiger partial charge in [-0.1, -0.05) is 6.07 Å². The lowest BCUT2D eigenvalue weighted by Crippen LogP contribution is -2.33. The van der Waals surface area contributed by atoms with Gasteiger partial charge in [-0.05, 0) is 24.3 Å². The summed E-state index contributed by atoms with van der Waals surface area (Å²) in [6.45, 7) is 1.11. The highest BCUT2D eigenvalue weighted by Gasteiger charge is 2.25. The van der Waals surface area contributed by atoms with Crippen molar-refractivity contribution in [1.29, 1.82) is 0 Å². The molecule has 1 atom stereocenters. The number of thiophene rings is 1. The van der Waals surface area contributed by atoms with Crippen LogP contribution < -0.4 is 4.90 Å². The summed E-state index contributed by atoms with van der Waals surface area (Å²) in [5, 5.41) is 11.4. The number of hydrogen-bond donors (Lipinski definition) is 1. The van der Waals surface area contributed by atoms with Crippen molar-refractivity contribution in [3.63, 3.8) is 0 Å². The molecule has 94 valence electrons. The Bertz CT molecular complexity index is 497. The number of nitrogens with zero attached hydrogens (tertiary/aromatic N) is 3. The van der Waals surface area contributed by atoms with Gasteiger partial charge >= 0.3 is 0 Å². The van der Waals surface area contributed by atoms with E-state index in [1.165, 1.54) is 4.88 Å². The fourth-order valence-electron chi connectivity index (χ4n) is 2.33. The number of hydrogen-bond acceptors (Lipinski definition) is 5. The van der Waals surface area contributed by atoms with Crippen LogP contribution >= 0.6 is 11.3 Å². The maximum atomic E-state index is 9.31. The fourth-order valence-corrected chi connectivity index (χ4v) is 3.03. The van der Waals surface area contributed by atoms with Crippen LogP contribution in [0.4, 0.5) is 5.95 Å². The van der Waals surface area contributed by atoms with Gasteiger partial charge in [0.2, 0.25) is 5.95 Å². The van der Waals surface area contributed by atoms with Gasteiger partial charge in [0.15, 0.2) is 0 Å². The molecule has 0 bridgehead atoms. The lowest BCUT2D eigenvalue weighted by Gasteiger charge is -2.22. The Morgan fingerprint density at radius 1 is 1.39 bits per heavy atom. The summed E-state index contributed by atoms with van der Waals surface area (Å²) in [6.07, 6.45) is 5.84. The Morgan fingerprint density at radius 3 is 2.89 bits per heavy atom. The minimum absolute atomic E-state index is 0.177. The van der Waals surface area contributed by atoms with E-state index in [1.807, 2.05) is 23.8 Å². The number of anilines is 1. The second-order valence-electron chi connectivity index (χ2n) is 4.42. The molecule has 0 spiro atoms. The van der Waals surface area contributed by atoms with Crippen LogP contribution in [0, 0.1) is 0 Å². The van der Waals surface area contributed by atoms with Gasteiger partial charge in [0.1, 0.15) is 0 Å². The van der Waals surface area contributed by atoms with E-state index in [2.05, 4.69) is 20.9 Å². The quantitative estimate of drug-likeness (QED) is 0.920. The van der Waals surface area contributed by atoms with Crippen LogP contribution in [0.2, 0.25) is 0 Å². The molecule has 18 heavy (non-hydrogen) atoms. The molecule has 0 radical (unpaired) electrons. The Balaban J connectivity index is 1.83. The average Bonchev–Trinajstić information content (AvgIpc) is 3.10. The minimum atomic E-state index is 0.177. The SMILES string of the molecule is OCC1CCCN1c1ncc(-c2cccs2)cn1. The molecule has 0 aromatic carbocycles. The Morgan fingerprint density at radius 2 is 2.22 bits per heavy atom. The van der Waals surface area contributed by atoms with Crippen molar-refractivity contribution < 1.29 is 5.11 Å². The minimum Gasteiger partial charge on any atom is -0.394 e. The van der Waals surface area contributed by atoms with E-state index in [9.17, 15) is 5.11 Å². The third kappa shape index (κ3) is 2.11. The van der Waals surface area contributed by atoms with E-state index in [1.54, 1.807) is 11.3 Å². The van der Waals surface area contributed by atoms with Gasteiger partial charge in [-0.3, -0.25) is 0 Å². The maximum Gasteiger partial charge on any atom is 0.225 e. The molecule has 1 N–H and O–H groups in total. The lowest BCUT2D eigenvalue weighted by molar-refractivity contribution is 0.265. The standard InChI is InChI=1S/C13H15N3OS/c17-9-11-3-1-5-16(11)13-14-7-10(8-15-13)12-4-2-6-18-12/h2,4,6-8,11,17H,1,3,5,9H2. The summed E-state index contributed by atoms with van der Waals surface area (Å²) in [5.74, 6) is 0.729. The van der Waals surface area contributed by atoms with Gasteiger partial charge in [-0.2, -0.15) is 0 Å². The number of aromatic nitrogens is 2. The molecule has 2 aromatic rings. The van der Waals surface area contributed by atoms with E-state index in [4.69, 9.17) is 0 Å². The summed E-state index contributed by atoms with van der Waals surface area (Å²) in [6, 6.07) is 4.27. The summed E-state index contributed by atoms with van der Waals surface area (Å²) in [4.78, 5) is 12.1. The van der Waals surface area contributed by atoms with Crippen LogP contribution in [0.25, 0.3) is 10.4 Å². The molecule has 1 unspecified atom stereocenters. The highest BCUT2D eigenvalue weighted by molar-refractivity contribution is 7.13. The van der Waals surface area contributed by atoms with Crippen LogP contribution in [0.15, 0.2) is 29.9 Å². The number of aliphatic hydroxyl groups excluding tert-OH is 1. The molecular formula is C13H15N3OS. The summed E-state index contributed by atoms with van der Waals surface area (Å²) < 4.78 is 0. The van der Waals surface area contributed by atoms with Crippen molar-refractivity contribution >= 4 is 17.3 Å². The molecule has 5 heteroatoms. The van der Waals surface area contributed by atoms with Gasteiger partial charge < -0.3 is 10.0 Å². The lowest BCUT2D eigenvalue weighted by atomic mass is 10.2. The first kappa shape index (κ1) is 11.6. The molecule has 2 aromatic heterocycles. The first-order valence-corrected chi connectivity index (χ1v) is 7.00. The van der Waals surface area contributed by atoms with Crippen LogP contribution in [0.1, 0.15) is 12.8 Å². The molecule has 3 rings (SSSR count). The third-order valence-electron chi connectivity index (χ3n) is 3.29. The van der Waals surface area contributed by atoms with Gasteiger partial charge in [0.05, 0.1) is 12.6 Å². The average molecular weight is 261 g/mol. The van der Waals surface area contributed by atoms with E-state index in [-0.39, 0.29) is 12.6 Å². The molecular weight excluding hydrogens is 246 g/mol. The Hall–Kier alpha value is -1.46. The molecule has 1 aliphatic rings. The van der Waals surface area contributed by atoms with Crippen molar-refractivity contribution in [2.75, 3.05) is 18.1 Å². The fraction of sp³-hybridized carbons (Fsp3) is 0.385. The first-order chi connectivity index (χ1) is 8.88. The van der Waals surface area contributed by atoms with E-state index < -0.39 is 0 Å². The monoisotopic (exact) mass is 261 g/mol. The van der Waals surface area contributed by atoms with Crippen molar-refractivity contribution in [3.8, 4) is 10.4 Å². The molecule has 1 fully saturated rings. The van der Waals surface area contributed by atoms with Crippen LogP contribution in [0.3, 0.4) is 0 Å². The molecule has 1 saturated heterocycles. The van der Waals surface area contributed by atoms with Crippen molar-refractivity contribution in [2.45, 2.75) is 18.9 Å². The summed E-state index contributed by atoms with van der Waals surface area (Å²) >= 11 is 1.69. The van der Waals surface area contributed by atoms with Gasteiger partial charge in [0.25, 0.3) is 0 Å². The largest absolute Gasteiger partial charge is 0.394 e. The normalized spacial score (nSPS) is 19.4. The van der Waals surface area contributed by atoms with E-state index in [0.717, 1.165) is 30.9 Å². The van der Waals surface area contributed by atoms with Crippen molar-refractivity contribution in [2.24, 2.45) is 0 Å². The second kappa shape index (κ2) is 5.04. The topological polar surface area (TPSA) is 49.2 Å². The van der Waals surface area contributed by atoms with Crippen LogP contribution in [-0.2, 0) is 0 Å². The highest BCUT2D eigenvalue weighted by atomic mass is 32.1. The van der Waals surface area contributed by atoms with Crippen LogP contribution in [0.5, 0.6) is 0 Å². The predicted molar refractivity (Wildman–Crippen MR) is 72.8 cm³/mol. The third-order valence-corrected chi connectivity index (χ3v) is 4.21.